The van der Waals surface area contributed by atoms with E-state index in [1.54, 1.807) is 4.90 Å². The summed E-state index contributed by atoms with van der Waals surface area (Å²) in [5.74, 6) is 1.57. The second-order valence-electron chi connectivity index (χ2n) is 4.78. The largest absolute Gasteiger partial charge is 0.488 e. The minimum Gasteiger partial charge on any atom is -0.488 e. The quantitative estimate of drug-likeness (QED) is 0.765. The Morgan fingerprint density at radius 2 is 1.65 bits per heavy atom. The third kappa shape index (κ3) is 4.78. The van der Waals surface area contributed by atoms with E-state index in [0.717, 1.165) is 18.9 Å². The summed E-state index contributed by atoms with van der Waals surface area (Å²) in [6.07, 6.45) is 0. The monoisotopic (exact) mass is 236 g/mol. The van der Waals surface area contributed by atoms with Gasteiger partial charge < -0.3 is 9.64 Å². The highest BCUT2D eigenvalue weighted by Gasteiger charge is 2.03. The molecule has 0 amide bonds. The summed E-state index contributed by atoms with van der Waals surface area (Å²) in [5.41, 5.74) is 1.37. The topological polar surface area (TPSA) is 13.7 Å². The summed E-state index contributed by atoms with van der Waals surface area (Å²) < 4.78 is 5.75. The number of likely N-dealkylation sites (N-methyl/N-ethyl adjacent to an activating group) is 1. The van der Waals surface area contributed by atoms with Gasteiger partial charge in [-0.25, -0.2) is 0 Å². The number of quaternary nitrogens is 1. The zero-order chi connectivity index (χ0) is 12.7. The maximum atomic E-state index is 5.75. The number of hydrogen-bond donors (Lipinski definition) is 1. The van der Waals surface area contributed by atoms with Crippen molar-refractivity contribution in [2.45, 2.75) is 33.6 Å². The lowest BCUT2D eigenvalue weighted by Gasteiger charge is -2.15. The Balaban J connectivity index is 2.37. The van der Waals surface area contributed by atoms with Crippen LogP contribution in [0.4, 0.5) is 0 Å². The second kappa shape index (κ2) is 7.33. The zero-order valence-corrected chi connectivity index (χ0v) is 11.6. The predicted octanol–water partition coefficient (Wildman–Crippen LogP) is 2.11. The summed E-state index contributed by atoms with van der Waals surface area (Å²) in [6, 6.07) is 8.47. The molecular formula is C15H26NO+. The van der Waals surface area contributed by atoms with E-state index in [1.807, 2.05) is 0 Å². The van der Waals surface area contributed by atoms with E-state index in [-0.39, 0.29) is 0 Å². The van der Waals surface area contributed by atoms with E-state index in [0.29, 0.717) is 5.92 Å². The Bertz CT molecular complexity index is 301. The normalized spacial score (nSPS) is 11.2. The van der Waals surface area contributed by atoms with Crippen LogP contribution >= 0.6 is 0 Å². The lowest BCUT2D eigenvalue weighted by Crippen LogP contribution is -3.12. The lowest BCUT2D eigenvalue weighted by molar-refractivity contribution is -0.896. The van der Waals surface area contributed by atoms with E-state index in [4.69, 9.17) is 4.74 Å². The Hall–Kier alpha value is -1.02. The van der Waals surface area contributed by atoms with Gasteiger partial charge in [-0.05, 0) is 37.5 Å². The minimum atomic E-state index is 0.587. The molecule has 0 atom stereocenters. The van der Waals surface area contributed by atoms with Crippen LogP contribution in [0.15, 0.2) is 24.3 Å². The van der Waals surface area contributed by atoms with Crippen molar-refractivity contribution in [1.82, 2.24) is 0 Å². The number of hydrogen-bond acceptors (Lipinski definition) is 1. The minimum absolute atomic E-state index is 0.587. The Morgan fingerprint density at radius 3 is 2.12 bits per heavy atom. The molecule has 0 radical (unpaired) electrons. The van der Waals surface area contributed by atoms with Gasteiger partial charge in [-0.3, -0.25) is 0 Å². The highest BCUT2D eigenvalue weighted by Crippen LogP contribution is 2.18. The molecule has 0 unspecified atom stereocenters. The molecule has 17 heavy (non-hydrogen) atoms. The molecular weight excluding hydrogens is 210 g/mol. The standard InChI is InChI=1S/C15H25NO/c1-5-16(6-2)11-12-17-15-9-7-14(8-10-15)13(3)4/h7-10,13H,5-6,11-12H2,1-4H3/p+1. The molecule has 0 aliphatic carbocycles. The molecule has 0 spiro atoms. The van der Waals surface area contributed by atoms with Crippen LogP contribution in [-0.4, -0.2) is 26.2 Å². The average Bonchev–Trinajstić information content (AvgIpc) is 2.35. The summed E-state index contributed by atoms with van der Waals surface area (Å²) in [7, 11) is 0. The summed E-state index contributed by atoms with van der Waals surface area (Å²) in [4.78, 5) is 1.59. The molecule has 96 valence electrons. The van der Waals surface area contributed by atoms with Crippen LogP contribution in [0.25, 0.3) is 0 Å². The van der Waals surface area contributed by atoms with Gasteiger partial charge in [0.2, 0.25) is 0 Å². The van der Waals surface area contributed by atoms with Crippen molar-refractivity contribution in [3.05, 3.63) is 29.8 Å². The fourth-order valence-corrected chi connectivity index (χ4v) is 1.87. The number of rotatable bonds is 7. The highest BCUT2D eigenvalue weighted by molar-refractivity contribution is 5.28. The summed E-state index contributed by atoms with van der Waals surface area (Å²) >= 11 is 0. The molecule has 0 bridgehead atoms. The third-order valence-corrected chi connectivity index (χ3v) is 3.27. The van der Waals surface area contributed by atoms with Gasteiger partial charge in [-0.2, -0.15) is 0 Å². The predicted molar refractivity (Wildman–Crippen MR) is 72.9 cm³/mol. The highest BCUT2D eigenvalue weighted by atomic mass is 16.5. The van der Waals surface area contributed by atoms with Gasteiger partial charge in [0.05, 0.1) is 13.1 Å². The fraction of sp³-hybridized carbons (Fsp3) is 0.600. The van der Waals surface area contributed by atoms with Gasteiger partial charge in [-0.15, -0.1) is 0 Å². The molecule has 1 aromatic carbocycles. The lowest BCUT2D eigenvalue weighted by atomic mass is 10.0. The van der Waals surface area contributed by atoms with Gasteiger partial charge in [0, 0.05) is 0 Å². The van der Waals surface area contributed by atoms with Gasteiger partial charge >= 0.3 is 0 Å². The first-order valence-electron chi connectivity index (χ1n) is 6.73. The number of benzene rings is 1. The average molecular weight is 236 g/mol. The number of nitrogens with one attached hydrogen (secondary N) is 1. The maximum Gasteiger partial charge on any atom is 0.137 e. The van der Waals surface area contributed by atoms with Crippen LogP contribution in [0, 0.1) is 0 Å². The van der Waals surface area contributed by atoms with Crippen molar-refractivity contribution in [2.24, 2.45) is 0 Å². The molecule has 0 aliphatic heterocycles. The first-order chi connectivity index (χ1) is 8.17. The van der Waals surface area contributed by atoms with E-state index in [2.05, 4.69) is 52.0 Å². The molecule has 1 aromatic rings. The van der Waals surface area contributed by atoms with Crippen LogP contribution in [0.2, 0.25) is 0 Å². The van der Waals surface area contributed by atoms with Crippen LogP contribution in [0.5, 0.6) is 5.75 Å². The van der Waals surface area contributed by atoms with Crippen molar-refractivity contribution in [3.63, 3.8) is 0 Å². The molecule has 2 heteroatoms. The van der Waals surface area contributed by atoms with Gasteiger partial charge in [0.15, 0.2) is 0 Å². The molecule has 0 saturated heterocycles. The molecule has 2 nitrogen and oxygen atoms in total. The van der Waals surface area contributed by atoms with Crippen molar-refractivity contribution >= 4 is 0 Å². The van der Waals surface area contributed by atoms with E-state index in [1.165, 1.54) is 18.7 Å². The van der Waals surface area contributed by atoms with Gasteiger partial charge in [-0.1, -0.05) is 26.0 Å². The van der Waals surface area contributed by atoms with Crippen LogP contribution in [0.1, 0.15) is 39.2 Å². The van der Waals surface area contributed by atoms with Crippen molar-refractivity contribution < 1.29 is 9.64 Å². The van der Waals surface area contributed by atoms with E-state index >= 15 is 0 Å². The van der Waals surface area contributed by atoms with Crippen molar-refractivity contribution in [3.8, 4) is 5.75 Å². The Morgan fingerprint density at radius 1 is 1.06 bits per heavy atom. The van der Waals surface area contributed by atoms with Crippen LogP contribution < -0.4 is 9.64 Å². The van der Waals surface area contributed by atoms with Crippen molar-refractivity contribution in [1.29, 1.82) is 0 Å². The molecule has 1 N–H and O–H groups in total. The van der Waals surface area contributed by atoms with E-state index in [9.17, 15) is 0 Å². The zero-order valence-electron chi connectivity index (χ0n) is 11.6. The SMILES string of the molecule is CC[NH+](CC)CCOc1ccc(C(C)C)cc1. The molecule has 0 aromatic heterocycles. The molecule has 0 fully saturated rings. The molecule has 0 aliphatic rings. The molecule has 1 rings (SSSR count). The Labute approximate surface area is 106 Å². The maximum absolute atomic E-state index is 5.75. The first-order valence-corrected chi connectivity index (χ1v) is 6.73. The summed E-state index contributed by atoms with van der Waals surface area (Å²) in [5, 5.41) is 0. The van der Waals surface area contributed by atoms with Gasteiger partial charge in [0.25, 0.3) is 0 Å². The smallest absolute Gasteiger partial charge is 0.137 e. The number of ether oxygens (including phenoxy) is 1. The van der Waals surface area contributed by atoms with Crippen LogP contribution in [-0.2, 0) is 0 Å². The van der Waals surface area contributed by atoms with Gasteiger partial charge in [0.1, 0.15) is 18.9 Å². The third-order valence-electron chi connectivity index (χ3n) is 3.27. The van der Waals surface area contributed by atoms with Crippen LogP contribution in [0.3, 0.4) is 0 Å². The fourth-order valence-electron chi connectivity index (χ4n) is 1.87. The van der Waals surface area contributed by atoms with E-state index < -0.39 is 0 Å². The molecule has 0 saturated carbocycles. The second-order valence-corrected chi connectivity index (χ2v) is 4.78. The van der Waals surface area contributed by atoms with Crippen molar-refractivity contribution in [2.75, 3.05) is 26.2 Å². The molecule has 0 heterocycles. The Kier molecular flexibility index (Phi) is 6.06. The summed E-state index contributed by atoms with van der Waals surface area (Å²) in [6.45, 7) is 13.1. The first kappa shape index (κ1) is 14.0.